The minimum absolute atomic E-state index is 0.0375. The molecule has 1 N–H and O–H groups in total. The zero-order valence-corrected chi connectivity index (χ0v) is 12.6. The second-order valence-electron chi connectivity index (χ2n) is 6.35. The normalized spacial score (nSPS) is 18.0. The number of nitrogens with zero attached hydrogens (tertiary/aromatic N) is 2. The van der Waals surface area contributed by atoms with Crippen LogP contribution in [0.4, 0.5) is 8.78 Å². The molecular formula is C17H17F2N3O. The Bertz CT molecular complexity index is 814. The van der Waals surface area contributed by atoms with E-state index in [2.05, 4.69) is 9.97 Å². The van der Waals surface area contributed by atoms with E-state index in [9.17, 15) is 13.6 Å². The summed E-state index contributed by atoms with van der Waals surface area (Å²) in [6.07, 6.45) is 2.75. The Hall–Kier alpha value is -2.08. The first-order valence-corrected chi connectivity index (χ1v) is 7.88. The molecule has 2 aromatic rings. The molecule has 23 heavy (non-hydrogen) atoms. The number of hydrogen-bond donors (Lipinski definition) is 1. The Balaban J connectivity index is 1.57. The molecule has 0 radical (unpaired) electrons. The van der Waals surface area contributed by atoms with Gasteiger partial charge in [0.2, 0.25) is 0 Å². The van der Waals surface area contributed by atoms with Crippen molar-refractivity contribution in [3.05, 3.63) is 62.8 Å². The van der Waals surface area contributed by atoms with E-state index >= 15 is 0 Å². The molecule has 120 valence electrons. The maximum atomic E-state index is 13.8. The molecule has 2 aliphatic rings. The highest BCUT2D eigenvalue weighted by molar-refractivity contribution is 5.24. The third-order valence-corrected chi connectivity index (χ3v) is 4.54. The third-order valence-electron chi connectivity index (χ3n) is 4.54. The first kappa shape index (κ1) is 14.5. The Morgan fingerprint density at radius 3 is 2.87 bits per heavy atom. The van der Waals surface area contributed by atoms with E-state index in [1.54, 1.807) is 0 Å². The lowest BCUT2D eigenvalue weighted by Crippen LogP contribution is -2.35. The predicted molar refractivity (Wildman–Crippen MR) is 81.0 cm³/mol. The van der Waals surface area contributed by atoms with Crippen LogP contribution in [-0.2, 0) is 19.5 Å². The molecule has 0 bridgehead atoms. The summed E-state index contributed by atoms with van der Waals surface area (Å²) in [5, 5.41) is 0. The fraction of sp³-hybridized carbons (Fsp3) is 0.412. The molecule has 2 heterocycles. The zero-order valence-electron chi connectivity index (χ0n) is 12.6. The number of benzene rings is 1. The molecule has 1 aromatic carbocycles. The van der Waals surface area contributed by atoms with E-state index in [0.29, 0.717) is 37.5 Å². The molecule has 1 aliphatic carbocycles. The fourth-order valence-electron chi connectivity index (χ4n) is 3.09. The summed E-state index contributed by atoms with van der Waals surface area (Å²) in [4.78, 5) is 21.7. The summed E-state index contributed by atoms with van der Waals surface area (Å²) in [5.41, 5.74) is 1.96. The van der Waals surface area contributed by atoms with Gasteiger partial charge in [0.25, 0.3) is 5.56 Å². The van der Waals surface area contributed by atoms with Gasteiger partial charge in [0.15, 0.2) is 0 Å². The lowest BCUT2D eigenvalue weighted by atomic mass is 10.1. The van der Waals surface area contributed by atoms with Gasteiger partial charge < -0.3 is 4.98 Å². The van der Waals surface area contributed by atoms with E-state index in [1.165, 1.54) is 12.1 Å². The molecule has 0 saturated heterocycles. The molecule has 4 nitrogen and oxygen atoms in total. The molecule has 4 rings (SSSR count). The average molecular weight is 317 g/mol. The molecule has 0 atom stereocenters. The van der Waals surface area contributed by atoms with Gasteiger partial charge in [-0.2, -0.15) is 0 Å². The largest absolute Gasteiger partial charge is 0.310 e. The Morgan fingerprint density at radius 1 is 1.30 bits per heavy atom. The molecule has 1 saturated carbocycles. The number of aromatic nitrogens is 2. The van der Waals surface area contributed by atoms with Gasteiger partial charge in [-0.05, 0) is 25.3 Å². The summed E-state index contributed by atoms with van der Waals surface area (Å²) < 4.78 is 26.8. The quantitative estimate of drug-likeness (QED) is 0.946. The molecule has 1 aromatic heterocycles. The number of fused-ring (bicyclic) bond motifs is 1. The highest BCUT2D eigenvalue weighted by Crippen LogP contribution is 2.37. The molecule has 1 fully saturated rings. The number of H-pyrrole nitrogens is 1. The van der Waals surface area contributed by atoms with Gasteiger partial charge in [-0.25, -0.2) is 13.8 Å². The first-order chi connectivity index (χ1) is 11.1. The summed E-state index contributed by atoms with van der Waals surface area (Å²) in [5.74, 6) is 0.0623. The summed E-state index contributed by atoms with van der Waals surface area (Å²) >= 11 is 0. The van der Waals surface area contributed by atoms with Crippen LogP contribution in [0.5, 0.6) is 0 Å². The standard InChI is InChI=1S/C17H17F2N3O/c18-12-4-3-11(14(19)7-12)8-22-6-5-13-15(9-22)20-16(10-1-2-10)21-17(13)23/h3-4,7,10H,1-2,5-6,8-9H2,(H,20,21,23). The maximum Gasteiger partial charge on any atom is 0.254 e. The van der Waals surface area contributed by atoms with Crippen molar-refractivity contribution in [2.45, 2.75) is 38.3 Å². The van der Waals surface area contributed by atoms with Crippen molar-refractivity contribution in [1.82, 2.24) is 14.9 Å². The molecular weight excluding hydrogens is 300 g/mol. The predicted octanol–water partition coefficient (Wildman–Crippen LogP) is 2.48. The number of hydrogen-bond acceptors (Lipinski definition) is 3. The zero-order chi connectivity index (χ0) is 16.0. The van der Waals surface area contributed by atoms with Gasteiger partial charge in [0.1, 0.15) is 17.5 Å². The van der Waals surface area contributed by atoms with Crippen LogP contribution >= 0.6 is 0 Å². The summed E-state index contributed by atoms with van der Waals surface area (Å²) in [6.45, 7) is 1.58. The van der Waals surface area contributed by atoms with Gasteiger partial charge in [-0.3, -0.25) is 9.69 Å². The minimum atomic E-state index is -0.572. The monoisotopic (exact) mass is 317 g/mol. The first-order valence-electron chi connectivity index (χ1n) is 7.88. The van der Waals surface area contributed by atoms with Gasteiger partial charge in [0, 0.05) is 42.7 Å². The Morgan fingerprint density at radius 2 is 2.13 bits per heavy atom. The van der Waals surface area contributed by atoms with E-state index in [-0.39, 0.29) is 5.56 Å². The SMILES string of the molecule is O=c1[nH]c(C2CC2)nc2c1CCN(Cc1ccc(F)cc1F)C2. The van der Waals surface area contributed by atoms with Crippen LogP contribution in [0.15, 0.2) is 23.0 Å². The van der Waals surface area contributed by atoms with Crippen LogP contribution in [0.25, 0.3) is 0 Å². The van der Waals surface area contributed by atoms with Crippen molar-refractivity contribution >= 4 is 0 Å². The van der Waals surface area contributed by atoms with E-state index in [4.69, 9.17) is 0 Å². The van der Waals surface area contributed by atoms with Crippen LogP contribution in [0.2, 0.25) is 0 Å². The minimum Gasteiger partial charge on any atom is -0.310 e. The highest BCUT2D eigenvalue weighted by Gasteiger charge is 2.29. The number of halogens is 2. The van der Waals surface area contributed by atoms with Crippen molar-refractivity contribution in [1.29, 1.82) is 0 Å². The van der Waals surface area contributed by atoms with Gasteiger partial charge >= 0.3 is 0 Å². The van der Waals surface area contributed by atoms with Crippen molar-refractivity contribution < 1.29 is 8.78 Å². The van der Waals surface area contributed by atoms with Crippen molar-refractivity contribution in [2.24, 2.45) is 0 Å². The lowest BCUT2D eigenvalue weighted by Gasteiger charge is -2.27. The van der Waals surface area contributed by atoms with E-state index in [1.807, 2.05) is 4.90 Å². The second-order valence-corrected chi connectivity index (χ2v) is 6.35. The smallest absolute Gasteiger partial charge is 0.254 e. The Kier molecular flexibility index (Phi) is 3.49. The van der Waals surface area contributed by atoms with Gasteiger partial charge in [-0.1, -0.05) is 6.07 Å². The summed E-state index contributed by atoms with van der Waals surface area (Å²) in [6, 6.07) is 3.65. The third kappa shape index (κ3) is 2.91. The topological polar surface area (TPSA) is 49.0 Å². The van der Waals surface area contributed by atoms with E-state index in [0.717, 1.165) is 36.0 Å². The van der Waals surface area contributed by atoms with Gasteiger partial charge in [-0.15, -0.1) is 0 Å². The van der Waals surface area contributed by atoms with Crippen molar-refractivity contribution in [3.8, 4) is 0 Å². The van der Waals surface area contributed by atoms with Crippen molar-refractivity contribution in [3.63, 3.8) is 0 Å². The van der Waals surface area contributed by atoms with E-state index < -0.39 is 11.6 Å². The van der Waals surface area contributed by atoms with Crippen LogP contribution in [0, 0.1) is 11.6 Å². The van der Waals surface area contributed by atoms with Crippen LogP contribution in [-0.4, -0.2) is 21.4 Å². The second kappa shape index (κ2) is 5.53. The maximum absolute atomic E-state index is 13.8. The van der Waals surface area contributed by atoms with Crippen LogP contribution in [0.1, 0.15) is 41.4 Å². The van der Waals surface area contributed by atoms with Gasteiger partial charge in [0.05, 0.1) is 5.69 Å². The molecule has 6 heteroatoms. The Labute approximate surface area is 132 Å². The molecule has 0 spiro atoms. The van der Waals surface area contributed by atoms with Crippen molar-refractivity contribution in [2.75, 3.05) is 6.54 Å². The number of nitrogens with one attached hydrogen (secondary N) is 1. The molecule has 0 unspecified atom stereocenters. The van der Waals surface area contributed by atoms with Crippen LogP contribution in [0.3, 0.4) is 0 Å². The molecule has 1 aliphatic heterocycles. The summed E-state index contributed by atoms with van der Waals surface area (Å²) in [7, 11) is 0. The molecule has 0 amide bonds. The highest BCUT2D eigenvalue weighted by atomic mass is 19.1. The number of aromatic amines is 1. The lowest BCUT2D eigenvalue weighted by molar-refractivity contribution is 0.236. The average Bonchev–Trinajstić information content (AvgIpc) is 3.34. The number of rotatable bonds is 3. The fourth-order valence-corrected chi connectivity index (χ4v) is 3.09. The van der Waals surface area contributed by atoms with Crippen LogP contribution < -0.4 is 5.56 Å².